The standard InChI is InChI=1S/C20H26N2O5S2/c1-15(20(23)21-12-13-28-17-8-6-5-7-9-17)22(29(4,24)25)18-14-16(26-2)10-11-19(18)27-3/h5-11,14-15H,12-13H2,1-4H3,(H,21,23)/t15-/m1/s1. The van der Waals surface area contributed by atoms with Gasteiger partial charge >= 0.3 is 0 Å². The fraction of sp³-hybridized carbons (Fsp3) is 0.350. The van der Waals surface area contributed by atoms with Gasteiger partial charge in [-0.05, 0) is 31.2 Å². The maximum absolute atomic E-state index is 12.7. The van der Waals surface area contributed by atoms with Gasteiger partial charge in [0.25, 0.3) is 0 Å². The molecule has 0 aromatic heterocycles. The van der Waals surface area contributed by atoms with E-state index in [1.165, 1.54) is 20.3 Å². The van der Waals surface area contributed by atoms with E-state index in [-0.39, 0.29) is 5.69 Å². The van der Waals surface area contributed by atoms with Crippen LogP contribution in [0, 0.1) is 0 Å². The zero-order valence-electron chi connectivity index (χ0n) is 16.9. The van der Waals surface area contributed by atoms with Crippen LogP contribution in [0.1, 0.15) is 6.92 Å². The summed E-state index contributed by atoms with van der Waals surface area (Å²) in [5.41, 5.74) is 0.246. The average Bonchev–Trinajstić information content (AvgIpc) is 2.70. The highest BCUT2D eigenvalue weighted by Gasteiger charge is 2.31. The van der Waals surface area contributed by atoms with E-state index in [4.69, 9.17) is 9.47 Å². The maximum Gasteiger partial charge on any atom is 0.243 e. The number of rotatable bonds is 10. The van der Waals surface area contributed by atoms with Crippen LogP contribution in [-0.2, 0) is 14.8 Å². The number of amides is 1. The molecule has 0 spiro atoms. The zero-order valence-corrected chi connectivity index (χ0v) is 18.5. The van der Waals surface area contributed by atoms with Crippen LogP contribution in [0.2, 0.25) is 0 Å². The molecule has 0 unspecified atom stereocenters. The highest BCUT2D eigenvalue weighted by molar-refractivity contribution is 7.99. The highest BCUT2D eigenvalue weighted by Crippen LogP contribution is 2.35. The third-order valence-corrected chi connectivity index (χ3v) is 6.37. The zero-order chi connectivity index (χ0) is 21.4. The molecule has 0 heterocycles. The molecule has 7 nitrogen and oxygen atoms in total. The Hall–Kier alpha value is -2.39. The number of ether oxygens (including phenoxy) is 2. The minimum Gasteiger partial charge on any atom is -0.497 e. The lowest BCUT2D eigenvalue weighted by Gasteiger charge is -2.29. The normalized spacial score (nSPS) is 12.1. The lowest BCUT2D eigenvalue weighted by molar-refractivity contribution is -0.121. The van der Waals surface area contributed by atoms with E-state index >= 15 is 0 Å². The second-order valence-corrected chi connectivity index (χ2v) is 9.25. The van der Waals surface area contributed by atoms with E-state index in [9.17, 15) is 13.2 Å². The molecule has 2 aromatic carbocycles. The summed E-state index contributed by atoms with van der Waals surface area (Å²) in [5, 5.41) is 2.80. The van der Waals surface area contributed by atoms with Crippen molar-refractivity contribution in [3.05, 3.63) is 48.5 Å². The van der Waals surface area contributed by atoms with Crippen LogP contribution >= 0.6 is 11.8 Å². The molecule has 0 fully saturated rings. The van der Waals surface area contributed by atoms with Crippen LogP contribution in [-0.4, -0.2) is 53.1 Å². The second-order valence-electron chi connectivity index (χ2n) is 6.23. The molecular formula is C20H26N2O5S2. The molecule has 158 valence electrons. The van der Waals surface area contributed by atoms with Crippen LogP contribution in [0.15, 0.2) is 53.4 Å². The van der Waals surface area contributed by atoms with Crippen molar-refractivity contribution in [3.63, 3.8) is 0 Å². The van der Waals surface area contributed by atoms with Gasteiger partial charge in [-0.3, -0.25) is 9.10 Å². The highest BCUT2D eigenvalue weighted by atomic mass is 32.2. The first-order chi connectivity index (χ1) is 13.8. The van der Waals surface area contributed by atoms with Gasteiger partial charge in [-0.2, -0.15) is 0 Å². The first-order valence-corrected chi connectivity index (χ1v) is 11.8. The molecule has 2 rings (SSSR count). The summed E-state index contributed by atoms with van der Waals surface area (Å²) in [6, 6.07) is 13.7. The minimum atomic E-state index is -3.76. The third-order valence-electron chi connectivity index (χ3n) is 4.13. The Morgan fingerprint density at radius 1 is 1.14 bits per heavy atom. The summed E-state index contributed by atoms with van der Waals surface area (Å²) < 4.78 is 36.6. The largest absolute Gasteiger partial charge is 0.497 e. The smallest absolute Gasteiger partial charge is 0.243 e. The molecule has 0 bridgehead atoms. The predicted molar refractivity (Wildman–Crippen MR) is 117 cm³/mol. The number of carbonyl (C=O) groups is 1. The number of anilines is 1. The molecule has 0 aliphatic rings. The lowest BCUT2D eigenvalue weighted by Crippen LogP contribution is -2.48. The van der Waals surface area contributed by atoms with Crippen molar-refractivity contribution in [2.45, 2.75) is 17.9 Å². The van der Waals surface area contributed by atoms with Crippen molar-refractivity contribution in [3.8, 4) is 11.5 Å². The number of nitrogens with zero attached hydrogens (tertiary/aromatic N) is 1. The van der Waals surface area contributed by atoms with Gasteiger partial charge in [0.1, 0.15) is 17.5 Å². The molecule has 9 heteroatoms. The Bertz CT molecular complexity index is 920. The van der Waals surface area contributed by atoms with Gasteiger partial charge in [-0.15, -0.1) is 11.8 Å². The summed E-state index contributed by atoms with van der Waals surface area (Å²) in [4.78, 5) is 13.8. The lowest BCUT2D eigenvalue weighted by atomic mass is 10.2. The number of carbonyl (C=O) groups excluding carboxylic acids is 1. The van der Waals surface area contributed by atoms with E-state index in [1.807, 2.05) is 30.3 Å². The van der Waals surface area contributed by atoms with Crippen LogP contribution in [0.25, 0.3) is 0 Å². The molecule has 0 saturated carbocycles. The van der Waals surface area contributed by atoms with Gasteiger partial charge in [-0.1, -0.05) is 18.2 Å². The van der Waals surface area contributed by atoms with Crippen molar-refractivity contribution in [2.24, 2.45) is 0 Å². The molecule has 1 amide bonds. The molecule has 1 N–H and O–H groups in total. The molecule has 0 saturated heterocycles. The quantitative estimate of drug-likeness (QED) is 0.454. The Labute approximate surface area is 176 Å². The van der Waals surface area contributed by atoms with Crippen LogP contribution in [0.5, 0.6) is 11.5 Å². The fourth-order valence-corrected chi connectivity index (χ4v) is 4.72. The van der Waals surface area contributed by atoms with E-state index in [0.29, 0.717) is 23.8 Å². The number of sulfonamides is 1. The molecule has 29 heavy (non-hydrogen) atoms. The summed E-state index contributed by atoms with van der Waals surface area (Å²) in [6.07, 6.45) is 1.06. The van der Waals surface area contributed by atoms with E-state index in [0.717, 1.165) is 15.5 Å². The Balaban J connectivity index is 2.13. The maximum atomic E-state index is 12.7. The first-order valence-electron chi connectivity index (χ1n) is 8.95. The van der Waals surface area contributed by atoms with Crippen molar-refractivity contribution in [1.29, 1.82) is 0 Å². The molecule has 0 radical (unpaired) electrons. The number of hydrogen-bond acceptors (Lipinski definition) is 6. The van der Waals surface area contributed by atoms with Gasteiger partial charge < -0.3 is 14.8 Å². The second kappa shape index (κ2) is 10.4. The summed E-state index contributed by atoms with van der Waals surface area (Å²) in [6.45, 7) is 1.95. The van der Waals surface area contributed by atoms with E-state index < -0.39 is 22.0 Å². The van der Waals surface area contributed by atoms with Crippen LogP contribution in [0.4, 0.5) is 5.69 Å². The number of hydrogen-bond donors (Lipinski definition) is 1. The van der Waals surface area contributed by atoms with Crippen molar-refractivity contribution in [2.75, 3.05) is 37.1 Å². The fourth-order valence-electron chi connectivity index (χ4n) is 2.76. The number of nitrogens with one attached hydrogen (secondary N) is 1. The summed E-state index contributed by atoms with van der Waals surface area (Å²) >= 11 is 1.61. The Morgan fingerprint density at radius 2 is 1.83 bits per heavy atom. The number of benzene rings is 2. The Morgan fingerprint density at radius 3 is 2.41 bits per heavy atom. The molecule has 0 aliphatic heterocycles. The molecule has 2 aromatic rings. The van der Waals surface area contributed by atoms with Crippen molar-refractivity contribution < 1.29 is 22.7 Å². The SMILES string of the molecule is COc1ccc(OC)c(N([C@H](C)C(=O)NCCSc2ccccc2)S(C)(=O)=O)c1. The number of thioether (sulfide) groups is 1. The summed E-state index contributed by atoms with van der Waals surface area (Å²) in [7, 11) is -0.837. The van der Waals surface area contributed by atoms with E-state index in [2.05, 4.69) is 5.32 Å². The van der Waals surface area contributed by atoms with E-state index in [1.54, 1.807) is 30.8 Å². The van der Waals surface area contributed by atoms with Crippen molar-refractivity contribution >= 4 is 33.4 Å². The monoisotopic (exact) mass is 438 g/mol. The van der Waals surface area contributed by atoms with Gasteiger partial charge in [0, 0.05) is 23.3 Å². The predicted octanol–water partition coefficient (Wildman–Crippen LogP) is 2.77. The van der Waals surface area contributed by atoms with Crippen LogP contribution in [0.3, 0.4) is 0 Å². The van der Waals surface area contributed by atoms with Crippen molar-refractivity contribution in [1.82, 2.24) is 5.32 Å². The van der Waals surface area contributed by atoms with Gasteiger partial charge in [0.15, 0.2) is 0 Å². The molecule has 0 aliphatic carbocycles. The number of methoxy groups -OCH3 is 2. The topological polar surface area (TPSA) is 84.9 Å². The van der Waals surface area contributed by atoms with Gasteiger partial charge in [0.05, 0.1) is 26.2 Å². The Kier molecular flexibility index (Phi) is 8.21. The van der Waals surface area contributed by atoms with Crippen LogP contribution < -0.4 is 19.1 Å². The molecular weight excluding hydrogens is 412 g/mol. The van der Waals surface area contributed by atoms with Gasteiger partial charge in [0.2, 0.25) is 15.9 Å². The first kappa shape index (κ1) is 22.9. The minimum absolute atomic E-state index is 0.246. The van der Waals surface area contributed by atoms with Gasteiger partial charge in [-0.25, -0.2) is 8.42 Å². The third kappa shape index (κ3) is 6.30. The summed E-state index contributed by atoms with van der Waals surface area (Å²) in [5.74, 6) is 1.06. The average molecular weight is 439 g/mol. The molecule has 1 atom stereocenters.